The summed E-state index contributed by atoms with van der Waals surface area (Å²) >= 11 is 0. The van der Waals surface area contributed by atoms with Crippen molar-refractivity contribution in [3.05, 3.63) is 35.9 Å². The molecule has 2 amide bonds. The van der Waals surface area contributed by atoms with Gasteiger partial charge < -0.3 is 19.7 Å². The lowest BCUT2D eigenvalue weighted by Gasteiger charge is -2.40. The summed E-state index contributed by atoms with van der Waals surface area (Å²) in [6.07, 6.45) is 1.23. The van der Waals surface area contributed by atoms with Crippen molar-refractivity contribution in [3.63, 3.8) is 0 Å². The van der Waals surface area contributed by atoms with Gasteiger partial charge in [0.2, 0.25) is 5.91 Å². The van der Waals surface area contributed by atoms with Gasteiger partial charge in [-0.05, 0) is 18.4 Å². The zero-order valence-corrected chi connectivity index (χ0v) is 13.1. The molecule has 0 aliphatic carbocycles. The molecular formula is C17H22N2O4. The monoisotopic (exact) mass is 318 g/mol. The zero-order chi connectivity index (χ0) is 16.1. The topological polar surface area (TPSA) is 67.9 Å². The van der Waals surface area contributed by atoms with E-state index >= 15 is 0 Å². The van der Waals surface area contributed by atoms with Gasteiger partial charge in [-0.25, -0.2) is 4.79 Å². The van der Waals surface area contributed by atoms with Crippen LogP contribution in [0.1, 0.15) is 12.0 Å². The van der Waals surface area contributed by atoms with Crippen molar-refractivity contribution >= 4 is 12.0 Å². The van der Waals surface area contributed by atoms with Crippen LogP contribution in [0.3, 0.4) is 0 Å². The third-order valence-electron chi connectivity index (χ3n) is 4.42. The zero-order valence-electron chi connectivity index (χ0n) is 13.1. The second-order valence-corrected chi connectivity index (χ2v) is 6.03. The number of hydrogen-bond donors (Lipinski definition) is 1. The fourth-order valence-corrected chi connectivity index (χ4v) is 3.08. The largest absolute Gasteiger partial charge is 0.449 e. The number of piperidine rings is 1. The normalized spacial score (nSPS) is 23.7. The molecule has 2 atom stereocenters. The van der Waals surface area contributed by atoms with E-state index < -0.39 is 0 Å². The van der Waals surface area contributed by atoms with E-state index in [1.807, 2.05) is 35.2 Å². The molecule has 1 aromatic carbocycles. The number of alkyl carbamates (subject to hydrolysis) is 1. The predicted octanol–water partition coefficient (Wildman–Crippen LogP) is 1.20. The number of ether oxygens (including phenoxy) is 2. The summed E-state index contributed by atoms with van der Waals surface area (Å²) in [5, 5.41) is 2.82. The molecule has 0 saturated carbocycles. The van der Waals surface area contributed by atoms with Crippen LogP contribution < -0.4 is 5.32 Å². The quantitative estimate of drug-likeness (QED) is 0.829. The van der Waals surface area contributed by atoms with Crippen LogP contribution >= 0.6 is 0 Å². The van der Waals surface area contributed by atoms with E-state index in [0.717, 1.165) is 12.8 Å². The number of carbonyl (C=O) groups excluding carboxylic acids is 2. The van der Waals surface area contributed by atoms with Crippen molar-refractivity contribution in [2.24, 2.45) is 5.92 Å². The number of hydrogen-bond acceptors (Lipinski definition) is 4. The molecule has 2 saturated heterocycles. The van der Waals surface area contributed by atoms with Gasteiger partial charge in [-0.15, -0.1) is 0 Å². The number of fused-ring (bicyclic) bond motifs is 1. The van der Waals surface area contributed by atoms with Crippen molar-refractivity contribution < 1.29 is 19.1 Å². The molecule has 1 aromatic rings. The van der Waals surface area contributed by atoms with Gasteiger partial charge in [-0.1, -0.05) is 30.3 Å². The van der Waals surface area contributed by atoms with Crippen molar-refractivity contribution in [1.29, 1.82) is 0 Å². The summed E-state index contributed by atoms with van der Waals surface area (Å²) < 4.78 is 10.5. The Bertz CT molecular complexity index is 549. The Morgan fingerprint density at radius 1 is 1.35 bits per heavy atom. The number of nitrogens with zero attached hydrogens (tertiary/aromatic N) is 1. The van der Waals surface area contributed by atoms with Crippen LogP contribution in [0.5, 0.6) is 0 Å². The van der Waals surface area contributed by atoms with E-state index in [9.17, 15) is 9.59 Å². The van der Waals surface area contributed by atoms with Gasteiger partial charge in [0.25, 0.3) is 0 Å². The second-order valence-electron chi connectivity index (χ2n) is 6.03. The van der Waals surface area contributed by atoms with Gasteiger partial charge in [0.05, 0.1) is 13.2 Å². The van der Waals surface area contributed by atoms with E-state index in [0.29, 0.717) is 26.3 Å². The van der Waals surface area contributed by atoms with E-state index in [4.69, 9.17) is 9.47 Å². The molecule has 3 rings (SSSR count). The number of amides is 2. The van der Waals surface area contributed by atoms with Crippen LogP contribution in [0.25, 0.3) is 0 Å². The second kappa shape index (κ2) is 7.46. The fraction of sp³-hybridized carbons (Fsp3) is 0.529. The van der Waals surface area contributed by atoms with Crippen molar-refractivity contribution in [2.75, 3.05) is 32.9 Å². The summed E-state index contributed by atoms with van der Waals surface area (Å²) in [5.41, 5.74) is 1.20. The highest BCUT2D eigenvalue weighted by Gasteiger charge is 2.36. The molecule has 0 aromatic heterocycles. The molecule has 2 fully saturated rings. The average molecular weight is 318 g/mol. The first kappa shape index (κ1) is 15.8. The predicted molar refractivity (Wildman–Crippen MR) is 83.9 cm³/mol. The van der Waals surface area contributed by atoms with Crippen LogP contribution in [-0.2, 0) is 20.7 Å². The average Bonchev–Trinajstić information content (AvgIpc) is 2.59. The van der Waals surface area contributed by atoms with Crippen LogP contribution in [0.2, 0.25) is 0 Å². The molecule has 124 valence electrons. The lowest BCUT2D eigenvalue weighted by atomic mass is 9.92. The van der Waals surface area contributed by atoms with Gasteiger partial charge in [-0.3, -0.25) is 4.79 Å². The lowest BCUT2D eigenvalue weighted by Crippen LogP contribution is -2.57. The Morgan fingerprint density at radius 3 is 3.00 bits per heavy atom. The summed E-state index contributed by atoms with van der Waals surface area (Å²) in [6, 6.07) is 10.2. The summed E-state index contributed by atoms with van der Waals surface area (Å²) in [7, 11) is 0. The molecule has 0 unspecified atom stereocenters. The molecule has 0 spiro atoms. The lowest BCUT2D eigenvalue weighted by molar-refractivity contribution is -0.139. The molecule has 0 radical (unpaired) electrons. The van der Waals surface area contributed by atoms with Crippen LogP contribution in [0.15, 0.2) is 30.3 Å². The van der Waals surface area contributed by atoms with Gasteiger partial charge >= 0.3 is 6.09 Å². The highest BCUT2D eigenvalue weighted by Crippen LogP contribution is 2.21. The standard InChI is InChI=1S/C17H22N2O4/c20-16(12-22-9-7-13-4-2-1-3-5-13)19-8-6-15-14(10-19)11-23-17(21)18-15/h1-5,14-15H,6-12H2,(H,18,21)/t14-,15+/m1/s1. The van der Waals surface area contributed by atoms with Crippen molar-refractivity contribution in [3.8, 4) is 0 Å². The Labute approximate surface area is 135 Å². The molecule has 2 heterocycles. The van der Waals surface area contributed by atoms with E-state index in [1.54, 1.807) is 0 Å². The Hall–Kier alpha value is -2.08. The summed E-state index contributed by atoms with van der Waals surface area (Å²) in [6.45, 7) is 2.30. The number of nitrogens with one attached hydrogen (secondary N) is 1. The van der Waals surface area contributed by atoms with Gasteiger partial charge in [-0.2, -0.15) is 0 Å². The number of likely N-dealkylation sites (tertiary alicyclic amines) is 1. The highest BCUT2D eigenvalue weighted by molar-refractivity contribution is 5.77. The molecule has 2 aliphatic rings. The maximum absolute atomic E-state index is 12.2. The van der Waals surface area contributed by atoms with Gasteiger partial charge in [0.15, 0.2) is 0 Å². The van der Waals surface area contributed by atoms with E-state index in [1.165, 1.54) is 5.56 Å². The molecule has 2 aliphatic heterocycles. The fourth-order valence-electron chi connectivity index (χ4n) is 3.08. The minimum absolute atomic E-state index is 0.00779. The molecular weight excluding hydrogens is 296 g/mol. The number of carbonyl (C=O) groups is 2. The Kier molecular flexibility index (Phi) is 5.12. The minimum atomic E-state index is -0.352. The highest BCUT2D eigenvalue weighted by atomic mass is 16.6. The number of cyclic esters (lactones) is 1. The Balaban J connectivity index is 1.38. The molecule has 6 heteroatoms. The Morgan fingerprint density at radius 2 is 2.17 bits per heavy atom. The van der Waals surface area contributed by atoms with Crippen LogP contribution in [-0.4, -0.2) is 55.9 Å². The van der Waals surface area contributed by atoms with Crippen molar-refractivity contribution in [2.45, 2.75) is 18.9 Å². The molecule has 6 nitrogen and oxygen atoms in total. The number of rotatable bonds is 5. The molecule has 0 bridgehead atoms. The van der Waals surface area contributed by atoms with Gasteiger partial charge in [0, 0.05) is 25.0 Å². The summed E-state index contributed by atoms with van der Waals surface area (Å²) in [4.78, 5) is 25.2. The third-order valence-corrected chi connectivity index (χ3v) is 4.42. The first-order chi connectivity index (χ1) is 11.2. The maximum Gasteiger partial charge on any atom is 0.407 e. The molecule has 1 N–H and O–H groups in total. The maximum atomic E-state index is 12.2. The van der Waals surface area contributed by atoms with Crippen LogP contribution in [0, 0.1) is 5.92 Å². The third kappa shape index (κ3) is 4.22. The van der Waals surface area contributed by atoms with Crippen molar-refractivity contribution in [1.82, 2.24) is 10.2 Å². The minimum Gasteiger partial charge on any atom is -0.449 e. The molecule has 23 heavy (non-hydrogen) atoms. The first-order valence-electron chi connectivity index (χ1n) is 8.05. The van der Waals surface area contributed by atoms with E-state index in [2.05, 4.69) is 5.32 Å². The first-order valence-corrected chi connectivity index (χ1v) is 8.05. The van der Waals surface area contributed by atoms with Crippen LogP contribution in [0.4, 0.5) is 4.79 Å². The number of benzene rings is 1. The van der Waals surface area contributed by atoms with E-state index in [-0.39, 0.29) is 30.6 Å². The SMILES string of the molecule is O=C1N[C@H]2CCN(C(=O)COCCc3ccccc3)C[C@@H]2CO1. The van der Waals surface area contributed by atoms with Gasteiger partial charge in [0.1, 0.15) is 6.61 Å². The smallest absolute Gasteiger partial charge is 0.407 e. The summed E-state index contributed by atoms with van der Waals surface area (Å²) in [5.74, 6) is 0.183.